The molecule has 0 aliphatic carbocycles. The highest BCUT2D eigenvalue weighted by atomic mass is 16.5. The minimum absolute atomic E-state index is 0.0526. The molecule has 5 heteroatoms. The molecular formula is C21H26N4O. The van der Waals surface area contributed by atoms with E-state index in [1.807, 2.05) is 50.2 Å². The average Bonchev–Trinajstić information content (AvgIpc) is 2.63. The first-order chi connectivity index (χ1) is 12.4. The molecule has 136 valence electrons. The molecule has 1 atom stereocenters. The van der Waals surface area contributed by atoms with Crippen molar-refractivity contribution >= 4 is 11.5 Å². The largest absolute Gasteiger partial charge is 0.383 e. The van der Waals surface area contributed by atoms with E-state index >= 15 is 0 Å². The van der Waals surface area contributed by atoms with E-state index in [9.17, 15) is 0 Å². The van der Waals surface area contributed by atoms with Crippen LogP contribution < -0.4 is 5.73 Å². The lowest BCUT2D eigenvalue weighted by Gasteiger charge is -2.36. The summed E-state index contributed by atoms with van der Waals surface area (Å²) in [5.74, 6) is 0.430. The summed E-state index contributed by atoms with van der Waals surface area (Å²) in [5, 5.41) is 8.73. The Hall–Kier alpha value is -2.53. The highest BCUT2D eigenvalue weighted by Gasteiger charge is 2.33. The molecule has 1 unspecified atom stereocenters. The fourth-order valence-electron chi connectivity index (χ4n) is 3.08. The lowest BCUT2D eigenvalue weighted by Crippen LogP contribution is -2.42. The first-order valence-electron chi connectivity index (χ1n) is 8.88. The van der Waals surface area contributed by atoms with Crippen molar-refractivity contribution < 1.29 is 4.74 Å². The van der Waals surface area contributed by atoms with Crippen LogP contribution in [0.5, 0.6) is 0 Å². The number of hydrogen-bond donors (Lipinski definition) is 2. The number of rotatable bonds is 6. The van der Waals surface area contributed by atoms with Crippen molar-refractivity contribution in [2.45, 2.75) is 26.7 Å². The Morgan fingerprint density at radius 2 is 2.00 bits per heavy atom. The zero-order valence-electron chi connectivity index (χ0n) is 15.6. The van der Waals surface area contributed by atoms with Gasteiger partial charge < -0.3 is 15.9 Å². The molecule has 0 bridgehead atoms. The van der Waals surface area contributed by atoms with Gasteiger partial charge in [0.1, 0.15) is 5.84 Å². The molecule has 0 amide bonds. The zero-order chi connectivity index (χ0) is 18.7. The van der Waals surface area contributed by atoms with E-state index in [0.29, 0.717) is 18.1 Å². The second-order valence-corrected chi connectivity index (χ2v) is 7.42. The van der Waals surface area contributed by atoms with Crippen LogP contribution in [0.4, 0.5) is 0 Å². The van der Waals surface area contributed by atoms with Gasteiger partial charge in [-0.05, 0) is 24.6 Å². The highest BCUT2D eigenvalue weighted by molar-refractivity contribution is 6.12. The number of aromatic nitrogens is 1. The number of aliphatic imine (C=N–C) groups is 1. The third-order valence-electron chi connectivity index (χ3n) is 4.88. The van der Waals surface area contributed by atoms with Gasteiger partial charge in [-0.15, -0.1) is 0 Å². The van der Waals surface area contributed by atoms with Gasteiger partial charge in [-0.25, -0.2) is 0 Å². The van der Waals surface area contributed by atoms with Crippen molar-refractivity contribution in [2.24, 2.45) is 16.1 Å². The minimum atomic E-state index is -0.0526. The van der Waals surface area contributed by atoms with Crippen molar-refractivity contribution in [1.29, 1.82) is 5.41 Å². The Bertz CT molecular complexity index is 839. The fraction of sp³-hybridized carbons (Fsp3) is 0.381. The lowest BCUT2D eigenvalue weighted by atomic mass is 9.88. The van der Waals surface area contributed by atoms with Crippen LogP contribution in [-0.4, -0.2) is 36.3 Å². The van der Waals surface area contributed by atoms with Gasteiger partial charge >= 0.3 is 0 Å². The molecule has 3 N–H and O–H groups in total. The van der Waals surface area contributed by atoms with E-state index in [4.69, 9.17) is 15.9 Å². The summed E-state index contributed by atoms with van der Waals surface area (Å²) >= 11 is 0. The number of pyridine rings is 1. The second-order valence-electron chi connectivity index (χ2n) is 7.42. The SMILES string of the molecule is Cc1cc(C(C)C(=N)c2ccccc2C(N)=NCC2(C)COC2)ccn1. The van der Waals surface area contributed by atoms with E-state index in [1.54, 1.807) is 6.20 Å². The number of nitrogens with one attached hydrogen (secondary N) is 1. The van der Waals surface area contributed by atoms with Crippen LogP contribution in [0, 0.1) is 17.7 Å². The first kappa shape index (κ1) is 18.3. The normalized spacial score (nSPS) is 17.4. The van der Waals surface area contributed by atoms with Crippen molar-refractivity contribution in [3.8, 4) is 0 Å². The first-order valence-corrected chi connectivity index (χ1v) is 8.88. The van der Waals surface area contributed by atoms with E-state index < -0.39 is 0 Å². The van der Waals surface area contributed by atoms with Gasteiger partial charge in [0.2, 0.25) is 0 Å². The number of hydrogen-bond acceptors (Lipinski definition) is 4. The minimum Gasteiger partial charge on any atom is -0.383 e. The molecular weight excluding hydrogens is 324 g/mol. The van der Waals surface area contributed by atoms with Crippen LogP contribution in [0.15, 0.2) is 47.6 Å². The molecule has 1 aliphatic heterocycles. The van der Waals surface area contributed by atoms with E-state index in [0.717, 1.165) is 35.6 Å². The van der Waals surface area contributed by atoms with Gasteiger partial charge in [0, 0.05) is 40.1 Å². The topological polar surface area (TPSA) is 84.4 Å². The van der Waals surface area contributed by atoms with Gasteiger partial charge in [-0.2, -0.15) is 0 Å². The summed E-state index contributed by atoms with van der Waals surface area (Å²) in [7, 11) is 0. The van der Waals surface area contributed by atoms with Gasteiger partial charge in [0.05, 0.1) is 19.8 Å². The maximum atomic E-state index is 8.73. The predicted octanol–water partition coefficient (Wildman–Crippen LogP) is 3.30. The zero-order valence-corrected chi connectivity index (χ0v) is 15.6. The number of ether oxygens (including phenoxy) is 1. The number of aryl methyl sites for hydroxylation is 1. The van der Waals surface area contributed by atoms with Crippen LogP contribution in [0.3, 0.4) is 0 Å². The van der Waals surface area contributed by atoms with E-state index in [2.05, 4.69) is 16.9 Å². The number of nitrogens with zero attached hydrogens (tertiary/aromatic N) is 2. The third kappa shape index (κ3) is 3.83. The molecule has 2 aromatic rings. The summed E-state index contributed by atoms with van der Waals surface area (Å²) in [6, 6.07) is 11.7. The second kappa shape index (κ2) is 7.38. The smallest absolute Gasteiger partial charge is 0.126 e. The monoisotopic (exact) mass is 350 g/mol. The summed E-state index contributed by atoms with van der Waals surface area (Å²) in [5.41, 5.74) is 10.6. The third-order valence-corrected chi connectivity index (χ3v) is 4.88. The molecule has 1 fully saturated rings. The Kier molecular flexibility index (Phi) is 5.18. The Morgan fingerprint density at radius 1 is 1.31 bits per heavy atom. The molecule has 2 heterocycles. The summed E-state index contributed by atoms with van der Waals surface area (Å²) < 4.78 is 5.28. The molecule has 0 saturated carbocycles. The molecule has 1 saturated heterocycles. The van der Waals surface area contributed by atoms with Crippen LogP contribution in [0.2, 0.25) is 0 Å². The fourth-order valence-corrected chi connectivity index (χ4v) is 3.08. The number of nitrogens with two attached hydrogens (primary N) is 1. The van der Waals surface area contributed by atoms with E-state index in [1.165, 1.54) is 0 Å². The highest BCUT2D eigenvalue weighted by Crippen LogP contribution is 2.27. The summed E-state index contributed by atoms with van der Waals surface area (Å²) in [4.78, 5) is 8.83. The molecule has 5 nitrogen and oxygen atoms in total. The Balaban J connectivity index is 1.86. The summed E-state index contributed by atoms with van der Waals surface area (Å²) in [6.45, 7) is 8.23. The Morgan fingerprint density at radius 3 is 2.62 bits per heavy atom. The predicted molar refractivity (Wildman–Crippen MR) is 105 cm³/mol. The molecule has 1 aromatic heterocycles. The van der Waals surface area contributed by atoms with Crippen molar-refractivity contribution in [3.05, 3.63) is 65.0 Å². The van der Waals surface area contributed by atoms with Crippen molar-refractivity contribution in [1.82, 2.24) is 4.98 Å². The van der Waals surface area contributed by atoms with Crippen LogP contribution >= 0.6 is 0 Å². The van der Waals surface area contributed by atoms with Crippen LogP contribution in [0.25, 0.3) is 0 Å². The maximum absolute atomic E-state index is 8.73. The molecule has 3 rings (SSSR count). The molecule has 1 aromatic carbocycles. The molecule has 0 radical (unpaired) electrons. The quantitative estimate of drug-likeness (QED) is 0.619. The Labute approximate surface area is 154 Å². The molecule has 0 spiro atoms. The van der Waals surface area contributed by atoms with Crippen LogP contribution in [0.1, 0.15) is 42.1 Å². The van der Waals surface area contributed by atoms with Crippen LogP contribution in [-0.2, 0) is 4.74 Å². The van der Waals surface area contributed by atoms with Crippen molar-refractivity contribution in [2.75, 3.05) is 19.8 Å². The standard InChI is InChI=1S/C21H26N4O/c1-14-10-16(8-9-24-14)15(2)19(22)17-6-4-5-7-18(17)20(23)25-11-21(3)12-26-13-21/h4-10,15,22H,11-13H2,1-3H3,(H2,23,25). The molecule has 26 heavy (non-hydrogen) atoms. The molecule has 1 aliphatic rings. The summed E-state index contributed by atoms with van der Waals surface area (Å²) in [6.07, 6.45) is 1.79. The lowest BCUT2D eigenvalue weighted by molar-refractivity contribution is -0.0944. The van der Waals surface area contributed by atoms with Gasteiger partial charge in [0.25, 0.3) is 0 Å². The number of benzene rings is 1. The average molecular weight is 350 g/mol. The maximum Gasteiger partial charge on any atom is 0.126 e. The van der Waals surface area contributed by atoms with E-state index in [-0.39, 0.29) is 11.3 Å². The van der Waals surface area contributed by atoms with Gasteiger partial charge in [-0.1, -0.05) is 38.1 Å². The van der Waals surface area contributed by atoms with Crippen molar-refractivity contribution in [3.63, 3.8) is 0 Å². The van der Waals surface area contributed by atoms with Gasteiger partial charge in [0.15, 0.2) is 0 Å². The van der Waals surface area contributed by atoms with Gasteiger partial charge in [-0.3, -0.25) is 9.98 Å². The number of amidine groups is 1.